The number of halogens is 2. The molecule has 2 rings (SSSR count). The minimum Gasteiger partial charge on any atom is -0.480 e. The highest BCUT2D eigenvalue weighted by Crippen LogP contribution is 2.29. The first-order valence-electron chi connectivity index (χ1n) is 4.15. The molecule has 0 spiro atoms. The molecule has 15 heavy (non-hydrogen) atoms. The van der Waals surface area contributed by atoms with E-state index in [-0.39, 0.29) is 5.56 Å². The van der Waals surface area contributed by atoms with E-state index in [4.69, 9.17) is 4.74 Å². The Kier molecular flexibility index (Phi) is 2.64. The van der Waals surface area contributed by atoms with E-state index in [9.17, 15) is 8.78 Å². The minimum atomic E-state index is -0.492. The monoisotopic (exact) mass is 227 g/mol. The fourth-order valence-electron chi connectivity index (χ4n) is 1.14. The van der Waals surface area contributed by atoms with E-state index in [1.807, 2.05) is 0 Å². The second kappa shape index (κ2) is 3.94. The van der Waals surface area contributed by atoms with Crippen molar-refractivity contribution in [1.82, 2.24) is 4.98 Å². The Morgan fingerprint density at radius 3 is 2.80 bits per heavy atom. The highest BCUT2D eigenvalue weighted by Gasteiger charge is 2.10. The van der Waals surface area contributed by atoms with Crippen LogP contribution in [0.5, 0.6) is 5.88 Å². The molecule has 0 bridgehead atoms. The fourth-order valence-corrected chi connectivity index (χ4v) is 1.93. The molecule has 0 aliphatic rings. The van der Waals surface area contributed by atoms with Gasteiger partial charge in [-0.2, -0.15) is 0 Å². The third-order valence-corrected chi connectivity index (χ3v) is 2.71. The summed E-state index contributed by atoms with van der Waals surface area (Å²) in [4.78, 5) is 3.99. The second-order valence-electron chi connectivity index (χ2n) is 2.82. The number of nitrogens with zero attached hydrogens (tertiary/aromatic N) is 1. The maximum absolute atomic E-state index is 13.3. The molecule has 0 radical (unpaired) electrons. The molecule has 0 unspecified atom stereocenters. The molecule has 1 aromatic carbocycles. The van der Waals surface area contributed by atoms with Crippen molar-refractivity contribution in [3.8, 4) is 16.5 Å². The number of thiazole rings is 1. The van der Waals surface area contributed by atoms with Gasteiger partial charge in [0.1, 0.15) is 16.6 Å². The third-order valence-electron chi connectivity index (χ3n) is 1.85. The van der Waals surface area contributed by atoms with Crippen LogP contribution in [-0.4, -0.2) is 12.1 Å². The van der Waals surface area contributed by atoms with Crippen molar-refractivity contribution in [3.05, 3.63) is 35.2 Å². The summed E-state index contributed by atoms with van der Waals surface area (Å²) in [6.07, 6.45) is 0. The molecule has 2 aromatic rings. The fraction of sp³-hybridized carbons (Fsp3) is 0.100. The lowest BCUT2D eigenvalue weighted by Crippen LogP contribution is -1.86. The van der Waals surface area contributed by atoms with Crippen LogP contribution in [0.1, 0.15) is 0 Å². The molecule has 78 valence electrons. The summed E-state index contributed by atoms with van der Waals surface area (Å²) in [5.74, 6) is -0.576. The maximum atomic E-state index is 13.3. The second-order valence-corrected chi connectivity index (χ2v) is 3.68. The van der Waals surface area contributed by atoms with E-state index in [0.717, 1.165) is 18.2 Å². The molecular weight excluding hydrogens is 220 g/mol. The predicted molar refractivity (Wildman–Crippen MR) is 54.0 cm³/mol. The molecule has 5 heteroatoms. The van der Waals surface area contributed by atoms with Crippen molar-refractivity contribution in [2.75, 3.05) is 7.11 Å². The number of ether oxygens (including phenoxy) is 1. The van der Waals surface area contributed by atoms with Gasteiger partial charge in [0, 0.05) is 5.56 Å². The molecule has 0 atom stereocenters. The van der Waals surface area contributed by atoms with Crippen LogP contribution < -0.4 is 4.74 Å². The molecule has 0 fully saturated rings. The van der Waals surface area contributed by atoms with Gasteiger partial charge in [0.2, 0.25) is 5.88 Å². The molecule has 1 heterocycles. The summed E-state index contributed by atoms with van der Waals surface area (Å²) < 4.78 is 31.1. The van der Waals surface area contributed by atoms with Crippen molar-refractivity contribution in [2.45, 2.75) is 0 Å². The molecule has 0 saturated heterocycles. The molecule has 0 amide bonds. The van der Waals surface area contributed by atoms with Crippen molar-refractivity contribution in [3.63, 3.8) is 0 Å². The van der Waals surface area contributed by atoms with Crippen molar-refractivity contribution < 1.29 is 13.5 Å². The van der Waals surface area contributed by atoms with Gasteiger partial charge in [-0.15, -0.1) is 11.3 Å². The van der Waals surface area contributed by atoms with Crippen molar-refractivity contribution in [1.29, 1.82) is 0 Å². The lowest BCUT2D eigenvalue weighted by Gasteiger charge is -1.98. The Labute approximate surface area is 89.2 Å². The molecule has 0 aliphatic carbocycles. The summed E-state index contributed by atoms with van der Waals surface area (Å²) in [6, 6.07) is 3.27. The van der Waals surface area contributed by atoms with E-state index in [1.54, 1.807) is 5.38 Å². The number of hydrogen-bond donors (Lipinski definition) is 0. The highest BCUT2D eigenvalue weighted by atomic mass is 32.1. The smallest absolute Gasteiger partial charge is 0.224 e. The quantitative estimate of drug-likeness (QED) is 0.786. The van der Waals surface area contributed by atoms with Gasteiger partial charge in [0.25, 0.3) is 0 Å². The van der Waals surface area contributed by atoms with Crippen LogP contribution in [0.25, 0.3) is 10.6 Å². The minimum absolute atomic E-state index is 0.156. The standard InChI is InChI=1S/C10H7F2NOS/c1-14-9-5-15-10(13-9)7-4-6(11)2-3-8(7)12/h2-5H,1H3. The average molecular weight is 227 g/mol. The van der Waals surface area contributed by atoms with E-state index < -0.39 is 11.6 Å². The van der Waals surface area contributed by atoms with Gasteiger partial charge in [-0.1, -0.05) is 0 Å². The summed E-state index contributed by atoms with van der Waals surface area (Å²) in [5, 5.41) is 2.04. The molecule has 0 N–H and O–H groups in total. The normalized spacial score (nSPS) is 10.3. The van der Waals surface area contributed by atoms with Crippen LogP contribution in [-0.2, 0) is 0 Å². The van der Waals surface area contributed by atoms with Crippen LogP contribution >= 0.6 is 11.3 Å². The van der Waals surface area contributed by atoms with Gasteiger partial charge in [-0.3, -0.25) is 0 Å². The van der Waals surface area contributed by atoms with Crippen LogP contribution in [0.15, 0.2) is 23.6 Å². The molecular formula is C10H7F2NOS. The molecule has 0 aliphatic heterocycles. The summed E-state index contributed by atoms with van der Waals surface area (Å²) in [5.41, 5.74) is 0.156. The van der Waals surface area contributed by atoms with Crippen LogP contribution in [0, 0.1) is 11.6 Å². The number of rotatable bonds is 2. The largest absolute Gasteiger partial charge is 0.480 e. The Hall–Kier alpha value is -1.49. The Balaban J connectivity index is 2.48. The zero-order valence-electron chi connectivity index (χ0n) is 7.83. The van der Waals surface area contributed by atoms with E-state index in [2.05, 4.69) is 4.98 Å². The molecule has 1 aromatic heterocycles. The van der Waals surface area contributed by atoms with E-state index in [0.29, 0.717) is 10.9 Å². The Bertz CT molecular complexity index is 484. The van der Waals surface area contributed by atoms with Gasteiger partial charge in [0.15, 0.2) is 0 Å². The first kappa shape index (κ1) is 10.0. The van der Waals surface area contributed by atoms with Crippen molar-refractivity contribution >= 4 is 11.3 Å². The van der Waals surface area contributed by atoms with Crippen LogP contribution in [0.2, 0.25) is 0 Å². The van der Waals surface area contributed by atoms with Gasteiger partial charge in [-0.05, 0) is 18.2 Å². The van der Waals surface area contributed by atoms with Gasteiger partial charge >= 0.3 is 0 Å². The Morgan fingerprint density at radius 1 is 1.33 bits per heavy atom. The number of methoxy groups -OCH3 is 1. The van der Waals surface area contributed by atoms with Gasteiger partial charge in [-0.25, -0.2) is 13.8 Å². The summed E-state index contributed by atoms with van der Waals surface area (Å²) in [6.45, 7) is 0. The average Bonchev–Trinajstić information content (AvgIpc) is 2.70. The van der Waals surface area contributed by atoms with Crippen LogP contribution in [0.4, 0.5) is 8.78 Å². The SMILES string of the molecule is COc1csc(-c2cc(F)ccc2F)n1. The predicted octanol–water partition coefficient (Wildman–Crippen LogP) is 3.10. The summed E-state index contributed by atoms with van der Waals surface area (Å²) in [7, 11) is 1.47. The number of benzene rings is 1. The first-order valence-corrected chi connectivity index (χ1v) is 5.03. The molecule has 2 nitrogen and oxygen atoms in total. The van der Waals surface area contributed by atoms with Gasteiger partial charge in [0.05, 0.1) is 12.5 Å². The lowest BCUT2D eigenvalue weighted by atomic mass is 10.2. The van der Waals surface area contributed by atoms with Gasteiger partial charge < -0.3 is 4.74 Å². The van der Waals surface area contributed by atoms with Crippen LogP contribution in [0.3, 0.4) is 0 Å². The Morgan fingerprint density at radius 2 is 2.13 bits per heavy atom. The number of hydrogen-bond acceptors (Lipinski definition) is 3. The zero-order chi connectivity index (χ0) is 10.8. The lowest BCUT2D eigenvalue weighted by molar-refractivity contribution is 0.401. The van der Waals surface area contributed by atoms with E-state index in [1.165, 1.54) is 18.4 Å². The first-order chi connectivity index (χ1) is 7.20. The highest BCUT2D eigenvalue weighted by molar-refractivity contribution is 7.13. The zero-order valence-corrected chi connectivity index (χ0v) is 8.65. The summed E-state index contributed by atoms with van der Waals surface area (Å²) >= 11 is 1.21. The topological polar surface area (TPSA) is 22.1 Å². The third kappa shape index (κ3) is 1.97. The molecule has 0 saturated carbocycles. The number of aromatic nitrogens is 1. The maximum Gasteiger partial charge on any atom is 0.224 e. The van der Waals surface area contributed by atoms with Crippen molar-refractivity contribution in [2.24, 2.45) is 0 Å². The van der Waals surface area contributed by atoms with E-state index >= 15 is 0 Å².